The Morgan fingerprint density at radius 2 is 1.13 bits per heavy atom. The Morgan fingerprint density at radius 1 is 0.636 bits per heavy atom. The Hall–Kier alpha value is -1.85. The molecule has 1 saturated heterocycles. The quantitative estimate of drug-likeness (QED) is 0.0273. The Balaban J connectivity index is 2.38. The Labute approximate surface area is 335 Å². The first-order valence-electron chi connectivity index (χ1n) is 22.3. The van der Waals surface area contributed by atoms with Crippen molar-refractivity contribution in [2.24, 2.45) is 0 Å². The van der Waals surface area contributed by atoms with E-state index in [1.165, 1.54) is 89.9 Å². The molecule has 320 valence electrons. The predicted molar refractivity (Wildman–Crippen MR) is 226 cm³/mol. The molecule has 0 aromatic carbocycles. The molecule has 0 spiro atoms. The van der Waals surface area contributed by atoms with Gasteiger partial charge in [-0.1, -0.05) is 172 Å². The number of aliphatic hydroxyl groups excluding tert-OH is 5. The molecule has 0 saturated carbocycles. The van der Waals surface area contributed by atoms with Gasteiger partial charge in [-0.15, -0.1) is 0 Å². The zero-order chi connectivity index (χ0) is 40.2. The van der Waals surface area contributed by atoms with Crippen LogP contribution < -0.4 is 5.32 Å². The van der Waals surface area contributed by atoms with Crippen molar-refractivity contribution in [3.63, 3.8) is 0 Å². The molecule has 0 radical (unpaired) electrons. The van der Waals surface area contributed by atoms with E-state index >= 15 is 0 Å². The third kappa shape index (κ3) is 27.4. The molecule has 1 heterocycles. The lowest BCUT2D eigenvalue weighted by Crippen LogP contribution is -2.60. The smallest absolute Gasteiger partial charge is 0.220 e. The summed E-state index contributed by atoms with van der Waals surface area (Å²) in [4.78, 5) is 12.9. The highest BCUT2D eigenvalue weighted by Gasteiger charge is 2.44. The number of aliphatic hydroxyl groups is 5. The third-order valence-corrected chi connectivity index (χ3v) is 10.4. The largest absolute Gasteiger partial charge is 0.394 e. The van der Waals surface area contributed by atoms with Crippen LogP contribution in [-0.4, -0.2) is 87.5 Å². The first kappa shape index (κ1) is 51.2. The zero-order valence-electron chi connectivity index (χ0n) is 34.9. The summed E-state index contributed by atoms with van der Waals surface area (Å²) >= 11 is 0. The van der Waals surface area contributed by atoms with E-state index in [1.54, 1.807) is 0 Å². The fourth-order valence-corrected chi connectivity index (χ4v) is 6.86. The number of nitrogens with one attached hydrogen (secondary N) is 1. The number of unbranched alkanes of at least 4 members (excludes halogenated alkanes) is 18. The molecule has 9 heteroatoms. The van der Waals surface area contributed by atoms with Gasteiger partial charge in [0.2, 0.25) is 5.91 Å². The van der Waals surface area contributed by atoms with Gasteiger partial charge in [-0.3, -0.25) is 4.79 Å². The molecule has 7 unspecified atom stereocenters. The van der Waals surface area contributed by atoms with Crippen LogP contribution in [0.2, 0.25) is 0 Å². The van der Waals surface area contributed by atoms with Crippen molar-refractivity contribution in [3.05, 3.63) is 48.6 Å². The second-order valence-corrected chi connectivity index (χ2v) is 15.5. The molecule has 0 aromatic rings. The molecule has 0 aliphatic carbocycles. The number of hydrogen-bond donors (Lipinski definition) is 6. The van der Waals surface area contributed by atoms with E-state index in [-0.39, 0.29) is 12.5 Å². The highest BCUT2D eigenvalue weighted by Crippen LogP contribution is 2.23. The molecule has 1 fully saturated rings. The first-order chi connectivity index (χ1) is 26.8. The van der Waals surface area contributed by atoms with Crippen LogP contribution in [-0.2, 0) is 14.3 Å². The molecule has 0 aromatic heterocycles. The minimum absolute atomic E-state index is 0.156. The summed E-state index contributed by atoms with van der Waals surface area (Å²) in [6, 6.07) is -0.740. The molecule has 1 amide bonds. The summed E-state index contributed by atoms with van der Waals surface area (Å²) in [7, 11) is 0. The number of hydrogen-bond acceptors (Lipinski definition) is 8. The van der Waals surface area contributed by atoms with E-state index in [0.29, 0.717) is 19.3 Å². The summed E-state index contributed by atoms with van der Waals surface area (Å²) in [6.45, 7) is 3.68. The van der Waals surface area contributed by atoms with Crippen LogP contribution in [0.1, 0.15) is 181 Å². The van der Waals surface area contributed by atoms with Crippen molar-refractivity contribution in [3.8, 4) is 0 Å². The number of rotatable bonds is 36. The molecule has 7 atom stereocenters. The number of carbonyl (C=O) groups excluding carboxylic acids is 1. The van der Waals surface area contributed by atoms with Crippen molar-refractivity contribution in [1.29, 1.82) is 0 Å². The molecule has 6 N–H and O–H groups in total. The summed E-state index contributed by atoms with van der Waals surface area (Å²) in [5.41, 5.74) is 0. The minimum atomic E-state index is -1.56. The minimum Gasteiger partial charge on any atom is -0.394 e. The number of carbonyl (C=O) groups is 1. The highest BCUT2D eigenvalue weighted by atomic mass is 16.7. The summed E-state index contributed by atoms with van der Waals surface area (Å²) in [6.07, 6.45) is 38.3. The van der Waals surface area contributed by atoms with E-state index in [4.69, 9.17) is 9.47 Å². The van der Waals surface area contributed by atoms with Crippen LogP contribution in [0.15, 0.2) is 48.6 Å². The zero-order valence-corrected chi connectivity index (χ0v) is 34.9. The fraction of sp³-hybridized carbons (Fsp3) is 0.804. The highest BCUT2D eigenvalue weighted by molar-refractivity contribution is 5.76. The molecule has 55 heavy (non-hydrogen) atoms. The predicted octanol–water partition coefficient (Wildman–Crippen LogP) is 9.06. The van der Waals surface area contributed by atoms with Crippen LogP contribution in [0.4, 0.5) is 0 Å². The van der Waals surface area contributed by atoms with Gasteiger partial charge in [0.05, 0.1) is 25.4 Å². The molecule has 1 rings (SSSR count). The fourth-order valence-electron chi connectivity index (χ4n) is 6.86. The topological polar surface area (TPSA) is 149 Å². The second kappa shape index (κ2) is 36.5. The van der Waals surface area contributed by atoms with Gasteiger partial charge in [-0.05, 0) is 51.4 Å². The van der Waals surface area contributed by atoms with Crippen molar-refractivity contribution in [1.82, 2.24) is 5.32 Å². The van der Waals surface area contributed by atoms with E-state index < -0.39 is 49.5 Å². The van der Waals surface area contributed by atoms with Crippen molar-refractivity contribution in [2.75, 3.05) is 13.2 Å². The van der Waals surface area contributed by atoms with Gasteiger partial charge in [0.1, 0.15) is 24.4 Å². The Bertz CT molecular complexity index is 998. The van der Waals surface area contributed by atoms with Gasteiger partial charge in [0, 0.05) is 6.42 Å². The van der Waals surface area contributed by atoms with Gasteiger partial charge in [0.15, 0.2) is 6.29 Å². The lowest BCUT2D eigenvalue weighted by molar-refractivity contribution is -0.302. The molecular formula is C46H83NO8. The molecule has 1 aliphatic heterocycles. The van der Waals surface area contributed by atoms with Crippen molar-refractivity contribution < 1.29 is 39.8 Å². The average molecular weight is 778 g/mol. The van der Waals surface area contributed by atoms with E-state index in [0.717, 1.165) is 57.8 Å². The van der Waals surface area contributed by atoms with Gasteiger partial charge in [-0.25, -0.2) is 0 Å². The molecule has 0 bridgehead atoms. The van der Waals surface area contributed by atoms with Crippen molar-refractivity contribution in [2.45, 2.75) is 224 Å². The maximum Gasteiger partial charge on any atom is 0.220 e. The van der Waals surface area contributed by atoms with Crippen molar-refractivity contribution >= 4 is 5.91 Å². The first-order valence-corrected chi connectivity index (χ1v) is 22.3. The Morgan fingerprint density at radius 3 is 1.64 bits per heavy atom. The second-order valence-electron chi connectivity index (χ2n) is 15.5. The number of allylic oxidation sites excluding steroid dienone is 8. The van der Waals surface area contributed by atoms with Crippen LogP contribution in [0, 0.1) is 0 Å². The average Bonchev–Trinajstić information content (AvgIpc) is 3.18. The summed E-state index contributed by atoms with van der Waals surface area (Å²) in [5, 5.41) is 54.3. The normalized spacial score (nSPS) is 21.8. The standard InChI is InChI=1S/C46H83NO8/c1-3-5-7-9-11-13-15-17-19-20-22-23-25-27-29-31-33-35-40(49)39(38-54-46-45(53)44(52)43(51)41(37-48)55-46)47-42(50)36-34-32-30-28-26-24-21-18-16-14-12-10-8-6-4-2/h6,8,12,14,18,21,26,28,39-41,43-46,48-49,51-53H,3-5,7,9-11,13,15-17,19-20,22-25,27,29-38H2,1-2H3,(H,47,50)/b8-6-,14-12-,21-18-,28-26-. The third-order valence-electron chi connectivity index (χ3n) is 10.4. The van der Waals surface area contributed by atoms with Crippen LogP contribution >= 0.6 is 0 Å². The van der Waals surface area contributed by atoms with E-state index in [9.17, 15) is 30.3 Å². The summed E-state index contributed by atoms with van der Waals surface area (Å²) < 4.78 is 11.2. The lowest BCUT2D eigenvalue weighted by Gasteiger charge is -2.40. The molecule has 1 aliphatic rings. The van der Waals surface area contributed by atoms with Crippen LogP contribution in [0.25, 0.3) is 0 Å². The molecule has 9 nitrogen and oxygen atoms in total. The summed E-state index contributed by atoms with van der Waals surface area (Å²) in [5.74, 6) is -0.186. The molecular weight excluding hydrogens is 695 g/mol. The van der Waals surface area contributed by atoms with Gasteiger partial charge < -0.3 is 40.3 Å². The number of ether oxygens (including phenoxy) is 2. The van der Waals surface area contributed by atoms with Crippen LogP contribution in [0.5, 0.6) is 0 Å². The SMILES string of the molecule is CC/C=C\C/C=C\C/C=C\C/C=C\CCCCC(=O)NC(COC1OC(CO)C(O)C(O)C1O)C(O)CCCCCCCCCCCCCCCCCCC. The maximum absolute atomic E-state index is 12.9. The number of amides is 1. The lowest BCUT2D eigenvalue weighted by atomic mass is 9.99. The van der Waals surface area contributed by atoms with Crippen LogP contribution in [0.3, 0.4) is 0 Å². The van der Waals surface area contributed by atoms with E-state index in [1.807, 2.05) is 0 Å². The van der Waals surface area contributed by atoms with Gasteiger partial charge >= 0.3 is 0 Å². The maximum atomic E-state index is 12.9. The van der Waals surface area contributed by atoms with Gasteiger partial charge in [-0.2, -0.15) is 0 Å². The Kier molecular flexibility index (Phi) is 33.9. The van der Waals surface area contributed by atoms with Gasteiger partial charge in [0.25, 0.3) is 0 Å². The van der Waals surface area contributed by atoms with E-state index in [2.05, 4.69) is 67.8 Å². The monoisotopic (exact) mass is 778 g/mol.